The van der Waals surface area contributed by atoms with Gasteiger partial charge in [-0.25, -0.2) is 4.39 Å². The van der Waals surface area contributed by atoms with Crippen LogP contribution in [0.25, 0.3) is 0 Å². The summed E-state index contributed by atoms with van der Waals surface area (Å²) < 4.78 is 13.6. The highest BCUT2D eigenvalue weighted by Gasteiger charge is 2.25. The fraction of sp³-hybridized carbons (Fsp3) is 0.267. The molecule has 0 aliphatic heterocycles. The van der Waals surface area contributed by atoms with Crippen LogP contribution in [0.3, 0.4) is 0 Å². The summed E-state index contributed by atoms with van der Waals surface area (Å²) in [5.41, 5.74) is 0.687. The first-order chi connectivity index (χ1) is 8.90. The molecule has 0 bridgehead atoms. The Morgan fingerprint density at radius 3 is 2.74 bits per heavy atom. The molecular weight excluding hydrogens is 265 g/mol. The average Bonchev–Trinajstić information content (AvgIpc) is 2.35. The van der Waals surface area contributed by atoms with Crippen molar-refractivity contribution in [1.29, 1.82) is 0 Å². The number of nitrogens with zero attached hydrogens (tertiary/aromatic N) is 1. The molecule has 0 spiro atoms. The molecule has 0 radical (unpaired) electrons. The van der Waals surface area contributed by atoms with E-state index in [4.69, 9.17) is 11.6 Å². The number of aryl methyl sites for hydroxylation is 1. The van der Waals surface area contributed by atoms with Gasteiger partial charge in [0.1, 0.15) is 5.82 Å². The minimum absolute atomic E-state index is 0.302. The van der Waals surface area contributed by atoms with E-state index in [0.717, 1.165) is 5.56 Å². The standard InChI is InChI=1S/C15H15ClFNO/c1-10-3-4-12(7-14(10)17)15(2,19)8-11-5-6-18-9-13(11)16/h3-7,9,19H,8H2,1-2H3. The minimum atomic E-state index is -1.18. The van der Waals surface area contributed by atoms with Gasteiger partial charge in [-0.05, 0) is 42.7 Å². The number of halogens is 2. The van der Waals surface area contributed by atoms with E-state index < -0.39 is 5.60 Å². The van der Waals surface area contributed by atoms with Gasteiger partial charge in [-0.2, -0.15) is 0 Å². The Bertz CT molecular complexity index is 598. The van der Waals surface area contributed by atoms with E-state index in [2.05, 4.69) is 4.98 Å². The summed E-state index contributed by atoms with van der Waals surface area (Å²) in [4.78, 5) is 3.90. The molecule has 0 aliphatic rings. The number of hydrogen-bond acceptors (Lipinski definition) is 2. The Morgan fingerprint density at radius 1 is 1.37 bits per heavy atom. The molecule has 2 rings (SSSR count). The number of aliphatic hydroxyl groups is 1. The van der Waals surface area contributed by atoms with Crippen molar-refractivity contribution in [3.8, 4) is 0 Å². The highest BCUT2D eigenvalue weighted by atomic mass is 35.5. The third-order valence-corrected chi connectivity index (χ3v) is 3.53. The Balaban J connectivity index is 2.32. The number of aromatic nitrogens is 1. The van der Waals surface area contributed by atoms with E-state index in [-0.39, 0.29) is 5.82 Å². The smallest absolute Gasteiger partial charge is 0.126 e. The van der Waals surface area contributed by atoms with E-state index in [1.807, 2.05) is 0 Å². The van der Waals surface area contributed by atoms with Crippen molar-refractivity contribution in [2.75, 3.05) is 0 Å². The predicted octanol–water partition coefficient (Wildman–Crippen LogP) is 3.63. The van der Waals surface area contributed by atoms with Crippen LogP contribution in [0.4, 0.5) is 4.39 Å². The Kier molecular flexibility index (Phi) is 3.88. The van der Waals surface area contributed by atoms with Crippen molar-refractivity contribution in [3.63, 3.8) is 0 Å². The molecule has 0 amide bonds. The molecule has 19 heavy (non-hydrogen) atoms. The lowest BCUT2D eigenvalue weighted by atomic mass is 9.89. The summed E-state index contributed by atoms with van der Waals surface area (Å²) in [6.07, 6.45) is 3.45. The summed E-state index contributed by atoms with van der Waals surface area (Å²) in [6.45, 7) is 3.33. The highest BCUT2D eigenvalue weighted by Crippen LogP contribution is 2.29. The molecule has 4 heteroatoms. The Hall–Kier alpha value is -1.45. The van der Waals surface area contributed by atoms with Crippen molar-refractivity contribution in [2.24, 2.45) is 0 Å². The Morgan fingerprint density at radius 2 is 2.11 bits per heavy atom. The van der Waals surface area contributed by atoms with E-state index >= 15 is 0 Å². The molecule has 1 unspecified atom stereocenters. The van der Waals surface area contributed by atoms with Crippen LogP contribution in [-0.4, -0.2) is 10.1 Å². The first-order valence-corrected chi connectivity index (χ1v) is 6.35. The first-order valence-electron chi connectivity index (χ1n) is 5.97. The maximum atomic E-state index is 13.6. The molecule has 0 fully saturated rings. The number of rotatable bonds is 3. The molecule has 1 aromatic heterocycles. The first kappa shape index (κ1) is 14.0. The molecule has 0 saturated heterocycles. The van der Waals surface area contributed by atoms with Crippen molar-refractivity contribution in [1.82, 2.24) is 4.98 Å². The third kappa shape index (κ3) is 3.11. The van der Waals surface area contributed by atoms with Crippen LogP contribution in [0, 0.1) is 12.7 Å². The predicted molar refractivity (Wildman–Crippen MR) is 73.7 cm³/mol. The SMILES string of the molecule is Cc1ccc(C(C)(O)Cc2ccncc2Cl)cc1F. The quantitative estimate of drug-likeness (QED) is 0.931. The lowest BCUT2D eigenvalue weighted by molar-refractivity contribution is 0.0573. The van der Waals surface area contributed by atoms with Gasteiger partial charge in [0, 0.05) is 18.8 Å². The van der Waals surface area contributed by atoms with E-state index in [1.54, 1.807) is 38.2 Å². The van der Waals surface area contributed by atoms with Gasteiger partial charge in [-0.1, -0.05) is 23.7 Å². The van der Waals surface area contributed by atoms with Crippen molar-refractivity contribution >= 4 is 11.6 Å². The van der Waals surface area contributed by atoms with Crippen LogP contribution in [0.2, 0.25) is 5.02 Å². The second-order valence-corrected chi connectivity index (χ2v) is 5.29. The summed E-state index contributed by atoms with van der Waals surface area (Å²) in [6, 6.07) is 6.51. The van der Waals surface area contributed by atoms with Crippen molar-refractivity contribution < 1.29 is 9.50 Å². The molecular formula is C15H15ClFNO. The molecule has 0 saturated carbocycles. The molecule has 100 valence electrons. The lowest BCUT2D eigenvalue weighted by Gasteiger charge is -2.24. The second-order valence-electron chi connectivity index (χ2n) is 4.88. The summed E-state index contributed by atoms with van der Waals surface area (Å²) in [7, 11) is 0. The van der Waals surface area contributed by atoms with Gasteiger partial charge in [-0.3, -0.25) is 4.98 Å². The maximum Gasteiger partial charge on any atom is 0.126 e. The van der Waals surface area contributed by atoms with Crippen LogP contribution in [0.15, 0.2) is 36.7 Å². The summed E-state index contributed by atoms with van der Waals surface area (Å²) in [5, 5.41) is 11.0. The molecule has 1 heterocycles. The van der Waals surface area contributed by atoms with Gasteiger partial charge in [0.2, 0.25) is 0 Å². The van der Waals surface area contributed by atoms with E-state index in [9.17, 15) is 9.50 Å². The monoisotopic (exact) mass is 279 g/mol. The fourth-order valence-corrected chi connectivity index (χ4v) is 2.13. The lowest BCUT2D eigenvalue weighted by Crippen LogP contribution is -2.24. The topological polar surface area (TPSA) is 33.1 Å². The van der Waals surface area contributed by atoms with Gasteiger partial charge in [-0.15, -0.1) is 0 Å². The molecule has 1 N–H and O–H groups in total. The van der Waals surface area contributed by atoms with Crippen LogP contribution >= 0.6 is 11.6 Å². The normalized spacial score (nSPS) is 14.2. The van der Waals surface area contributed by atoms with Gasteiger partial charge in [0.25, 0.3) is 0 Å². The van der Waals surface area contributed by atoms with Gasteiger partial charge in [0.05, 0.1) is 10.6 Å². The van der Waals surface area contributed by atoms with Crippen LogP contribution in [0.5, 0.6) is 0 Å². The third-order valence-electron chi connectivity index (χ3n) is 3.18. The van der Waals surface area contributed by atoms with E-state index in [0.29, 0.717) is 22.6 Å². The largest absolute Gasteiger partial charge is 0.385 e. The van der Waals surface area contributed by atoms with Crippen LogP contribution < -0.4 is 0 Å². The average molecular weight is 280 g/mol. The van der Waals surface area contributed by atoms with E-state index in [1.165, 1.54) is 12.3 Å². The van der Waals surface area contributed by atoms with Crippen LogP contribution in [0.1, 0.15) is 23.6 Å². The van der Waals surface area contributed by atoms with Gasteiger partial charge < -0.3 is 5.11 Å². The zero-order chi connectivity index (χ0) is 14.0. The van der Waals surface area contributed by atoms with Crippen molar-refractivity contribution in [2.45, 2.75) is 25.9 Å². The molecule has 2 nitrogen and oxygen atoms in total. The van der Waals surface area contributed by atoms with Gasteiger partial charge >= 0.3 is 0 Å². The zero-order valence-electron chi connectivity index (χ0n) is 10.8. The van der Waals surface area contributed by atoms with Crippen LogP contribution in [-0.2, 0) is 12.0 Å². The summed E-state index contributed by atoms with van der Waals surface area (Å²) >= 11 is 6.03. The van der Waals surface area contributed by atoms with Crippen molar-refractivity contribution in [3.05, 3.63) is 64.2 Å². The molecule has 0 aliphatic carbocycles. The molecule has 1 atom stereocenters. The van der Waals surface area contributed by atoms with Gasteiger partial charge in [0.15, 0.2) is 0 Å². The molecule has 1 aromatic carbocycles. The zero-order valence-corrected chi connectivity index (χ0v) is 11.6. The number of pyridine rings is 1. The summed E-state index contributed by atoms with van der Waals surface area (Å²) in [5.74, 6) is -0.321. The fourth-order valence-electron chi connectivity index (χ4n) is 1.95. The number of benzene rings is 1. The second kappa shape index (κ2) is 5.27. The highest BCUT2D eigenvalue weighted by molar-refractivity contribution is 6.31. The maximum absolute atomic E-state index is 13.6. The molecule has 2 aromatic rings. The Labute approximate surface area is 116 Å². The number of hydrogen-bond donors (Lipinski definition) is 1. The minimum Gasteiger partial charge on any atom is -0.385 e.